The molecule has 0 saturated heterocycles. The van der Waals surface area contributed by atoms with Gasteiger partial charge in [0, 0.05) is 19.7 Å². The first-order valence-corrected chi connectivity index (χ1v) is 7.17. The summed E-state index contributed by atoms with van der Waals surface area (Å²) in [5.41, 5.74) is 1.03. The van der Waals surface area contributed by atoms with Gasteiger partial charge in [0.05, 0.1) is 6.10 Å². The summed E-state index contributed by atoms with van der Waals surface area (Å²) in [6.07, 6.45) is 3.64. The van der Waals surface area contributed by atoms with Gasteiger partial charge >= 0.3 is 0 Å². The standard InChI is InChI=1S/C18H21NO2/c1-14(20)12-13-19(2)18(21)11-10-16-8-5-7-15-6-3-4-9-17(15)16/h3-11,14,20H,12-13H2,1-2H3/b11-10+. The molecule has 110 valence electrons. The van der Waals surface area contributed by atoms with Crippen LogP contribution in [0.3, 0.4) is 0 Å². The number of nitrogens with zero attached hydrogens (tertiary/aromatic N) is 1. The number of aliphatic hydroxyl groups excluding tert-OH is 1. The molecule has 2 rings (SSSR count). The molecule has 0 heterocycles. The molecule has 21 heavy (non-hydrogen) atoms. The van der Waals surface area contributed by atoms with E-state index in [4.69, 9.17) is 0 Å². The first-order chi connectivity index (χ1) is 10.1. The first-order valence-electron chi connectivity index (χ1n) is 7.17. The van der Waals surface area contributed by atoms with E-state index in [0.29, 0.717) is 13.0 Å². The van der Waals surface area contributed by atoms with Gasteiger partial charge in [0.25, 0.3) is 0 Å². The average molecular weight is 283 g/mol. The highest BCUT2D eigenvalue weighted by atomic mass is 16.3. The van der Waals surface area contributed by atoms with Crippen LogP contribution >= 0.6 is 0 Å². The van der Waals surface area contributed by atoms with Crippen LogP contribution in [0.5, 0.6) is 0 Å². The molecule has 1 unspecified atom stereocenters. The molecule has 0 aliphatic carbocycles. The number of amides is 1. The highest BCUT2D eigenvalue weighted by Crippen LogP contribution is 2.19. The zero-order chi connectivity index (χ0) is 15.2. The molecule has 2 aromatic carbocycles. The van der Waals surface area contributed by atoms with Gasteiger partial charge in [-0.05, 0) is 35.8 Å². The second-order valence-electron chi connectivity index (χ2n) is 5.30. The van der Waals surface area contributed by atoms with Crippen LogP contribution in [0.1, 0.15) is 18.9 Å². The Kier molecular flexibility index (Phi) is 5.12. The maximum atomic E-state index is 12.0. The van der Waals surface area contributed by atoms with Crippen LogP contribution in [0.4, 0.5) is 0 Å². The normalized spacial score (nSPS) is 12.7. The molecule has 0 aromatic heterocycles. The fourth-order valence-corrected chi connectivity index (χ4v) is 2.17. The van der Waals surface area contributed by atoms with Gasteiger partial charge in [0.1, 0.15) is 0 Å². The molecule has 3 heteroatoms. The Morgan fingerprint density at radius 2 is 1.95 bits per heavy atom. The Labute approximate surface area is 125 Å². The van der Waals surface area contributed by atoms with Crippen molar-refractivity contribution in [2.24, 2.45) is 0 Å². The molecular formula is C18H21NO2. The zero-order valence-corrected chi connectivity index (χ0v) is 12.5. The predicted octanol–water partition coefficient (Wildman–Crippen LogP) is 3.08. The minimum Gasteiger partial charge on any atom is -0.393 e. The molecular weight excluding hydrogens is 262 g/mol. The van der Waals surface area contributed by atoms with Crippen molar-refractivity contribution in [2.75, 3.05) is 13.6 Å². The van der Waals surface area contributed by atoms with E-state index in [-0.39, 0.29) is 12.0 Å². The third-order valence-electron chi connectivity index (χ3n) is 3.49. The monoisotopic (exact) mass is 283 g/mol. The third kappa shape index (κ3) is 4.17. The minimum absolute atomic E-state index is 0.0522. The molecule has 1 amide bonds. The lowest BCUT2D eigenvalue weighted by molar-refractivity contribution is -0.124. The summed E-state index contributed by atoms with van der Waals surface area (Å²) < 4.78 is 0. The van der Waals surface area contributed by atoms with Crippen LogP contribution in [0.15, 0.2) is 48.5 Å². The van der Waals surface area contributed by atoms with Crippen molar-refractivity contribution in [3.8, 4) is 0 Å². The molecule has 0 saturated carbocycles. The molecule has 2 aromatic rings. The van der Waals surface area contributed by atoms with E-state index in [1.165, 1.54) is 0 Å². The molecule has 1 atom stereocenters. The molecule has 0 radical (unpaired) electrons. The quantitative estimate of drug-likeness (QED) is 0.857. The van der Waals surface area contributed by atoms with Crippen molar-refractivity contribution < 1.29 is 9.90 Å². The van der Waals surface area contributed by atoms with E-state index in [0.717, 1.165) is 16.3 Å². The number of carbonyl (C=O) groups excluding carboxylic acids is 1. The van der Waals surface area contributed by atoms with Crippen LogP contribution in [0, 0.1) is 0 Å². The van der Waals surface area contributed by atoms with Gasteiger partial charge in [-0.25, -0.2) is 0 Å². The van der Waals surface area contributed by atoms with E-state index in [1.807, 2.05) is 30.3 Å². The third-order valence-corrected chi connectivity index (χ3v) is 3.49. The topological polar surface area (TPSA) is 40.5 Å². The molecule has 0 bridgehead atoms. The van der Waals surface area contributed by atoms with Crippen molar-refractivity contribution in [3.63, 3.8) is 0 Å². The second kappa shape index (κ2) is 7.04. The summed E-state index contributed by atoms with van der Waals surface area (Å²) in [6.45, 7) is 2.28. The van der Waals surface area contributed by atoms with E-state index in [9.17, 15) is 9.90 Å². The zero-order valence-electron chi connectivity index (χ0n) is 12.5. The summed E-state index contributed by atoms with van der Waals surface area (Å²) in [5, 5.41) is 11.5. The fourth-order valence-electron chi connectivity index (χ4n) is 2.17. The number of aliphatic hydroxyl groups is 1. The number of hydrogen-bond donors (Lipinski definition) is 1. The van der Waals surface area contributed by atoms with E-state index in [1.54, 1.807) is 24.9 Å². The Balaban J connectivity index is 2.10. The number of rotatable bonds is 5. The summed E-state index contributed by atoms with van der Waals surface area (Å²) in [6, 6.07) is 14.2. The number of benzene rings is 2. The van der Waals surface area contributed by atoms with Crippen molar-refractivity contribution >= 4 is 22.8 Å². The fraction of sp³-hybridized carbons (Fsp3) is 0.278. The van der Waals surface area contributed by atoms with Gasteiger partial charge in [-0.2, -0.15) is 0 Å². The largest absolute Gasteiger partial charge is 0.393 e. The molecule has 0 aliphatic heterocycles. The smallest absolute Gasteiger partial charge is 0.246 e. The SMILES string of the molecule is CC(O)CCN(C)C(=O)/C=C/c1cccc2ccccc12. The van der Waals surface area contributed by atoms with Crippen molar-refractivity contribution in [2.45, 2.75) is 19.4 Å². The minimum atomic E-state index is -0.387. The summed E-state index contributed by atoms with van der Waals surface area (Å²) in [7, 11) is 1.75. The molecule has 1 N–H and O–H groups in total. The molecule has 3 nitrogen and oxygen atoms in total. The molecule has 0 fully saturated rings. The van der Waals surface area contributed by atoms with Crippen LogP contribution in [-0.4, -0.2) is 35.6 Å². The Hall–Kier alpha value is -2.13. The van der Waals surface area contributed by atoms with Gasteiger partial charge in [0.15, 0.2) is 0 Å². The molecule has 0 spiro atoms. The van der Waals surface area contributed by atoms with Gasteiger partial charge < -0.3 is 10.0 Å². The van der Waals surface area contributed by atoms with Crippen LogP contribution in [0.2, 0.25) is 0 Å². The number of fused-ring (bicyclic) bond motifs is 1. The Bertz CT molecular complexity index is 641. The van der Waals surface area contributed by atoms with Crippen LogP contribution in [0.25, 0.3) is 16.8 Å². The van der Waals surface area contributed by atoms with Gasteiger partial charge in [-0.3, -0.25) is 4.79 Å². The van der Waals surface area contributed by atoms with Crippen molar-refractivity contribution in [3.05, 3.63) is 54.1 Å². The van der Waals surface area contributed by atoms with Crippen molar-refractivity contribution in [1.82, 2.24) is 4.90 Å². The van der Waals surface area contributed by atoms with E-state index >= 15 is 0 Å². The lowest BCUT2D eigenvalue weighted by Crippen LogP contribution is -2.27. The number of likely N-dealkylation sites (N-methyl/N-ethyl adjacent to an activating group) is 1. The maximum absolute atomic E-state index is 12.0. The lowest BCUT2D eigenvalue weighted by atomic mass is 10.0. The first kappa shape index (κ1) is 15.3. The van der Waals surface area contributed by atoms with Crippen molar-refractivity contribution in [1.29, 1.82) is 0 Å². The Morgan fingerprint density at radius 1 is 1.24 bits per heavy atom. The highest BCUT2D eigenvalue weighted by molar-refractivity contribution is 5.96. The number of carbonyl (C=O) groups is 1. The van der Waals surface area contributed by atoms with Gasteiger partial charge in [-0.15, -0.1) is 0 Å². The van der Waals surface area contributed by atoms with Gasteiger partial charge in [-0.1, -0.05) is 42.5 Å². The van der Waals surface area contributed by atoms with Crippen LogP contribution < -0.4 is 0 Å². The summed E-state index contributed by atoms with van der Waals surface area (Å²) >= 11 is 0. The lowest BCUT2D eigenvalue weighted by Gasteiger charge is -2.15. The summed E-state index contributed by atoms with van der Waals surface area (Å²) in [4.78, 5) is 13.6. The number of hydrogen-bond acceptors (Lipinski definition) is 2. The second-order valence-corrected chi connectivity index (χ2v) is 5.30. The summed E-state index contributed by atoms with van der Waals surface area (Å²) in [5.74, 6) is -0.0522. The average Bonchev–Trinajstić information content (AvgIpc) is 2.50. The maximum Gasteiger partial charge on any atom is 0.246 e. The highest BCUT2D eigenvalue weighted by Gasteiger charge is 2.06. The van der Waals surface area contributed by atoms with E-state index < -0.39 is 0 Å². The van der Waals surface area contributed by atoms with Gasteiger partial charge in [0.2, 0.25) is 5.91 Å². The molecule has 0 aliphatic rings. The predicted molar refractivity (Wildman–Crippen MR) is 86.9 cm³/mol. The van der Waals surface area contributed by atoms with Crippen LogP contribution in [-0.2, 0) is 4.79 Å². The Morgan fingerprint density at radius 3 is 2.71 bits per heavy atom. The van der Waals surface area contributed by atoms with E-state index in [2.05, 4.69) is 18.2 Å².